The average Bonchev–Trinajstić information content (AvgIpc) is 2.61. The SMILES string of the molecule is CSc1ccccc1S(=O)(=O)N1CCNCC1c1cccc(F)c1. The minimum absolute atomic E-state index is 0.306. The van der Waals surface area contributed by atoms with Gasteiger partial charge >= 0.3 is 0 Å². The fraction of sp³-hybridized carbons (Fsp3) is 0.294. The van der Waals surface area contributed by atoms with E-state index in [-0.39, 0.29) is 5.82 Å². The van der Waals surface area contributed by atoms with Crippen molar-refractivity contribution in [3.63, 3.8) is 0 Å². The summed E-state index contributed by atoms with van der Waals surface area (Å²) in [6, 6.07) is 12.7. The Bertz CT molecular complexity index is 827. The van der Waals surface area contributed by atoms with Crippen LogP contribution in [0.4, 0.5) is 4.39 Å². The number of thioether (sulfide) groups is 1. The molecule has 4 nitrogen and oxygen atoms in total. The zero-order chi connectivity index (χ0) is 17.2. The highest BCUT2D eigenvalue weighted by Gasteiger charge is 2.35. The van der Waals surface area contributed by atoms with Crippen molar-refractivity contribution in [1.82, 2.24) is 9.62 Å². The maximum atomic E-state index is 13.6. The molecule has 0 bridgehead atoms. The van der Waals surface area contributed by atoms with Gasteiger partial charge in [-0.1, -0.05) is 24.3 Å². The zero-order valence-electron chi connectivity index (χ0n) is 13.3. The van der Waals surface area contributed by atoms with Gasteiger partial charge in [-0.3, -0.25) is 0 Å². The first-order valence-corrected chi connectivity index (χ1v) is 10.3. The molecule has 0 aromatic heterocycles. The summed E-state index contributed by atoms with van der Waals surface area (Å²) in [6.07, 6.45) is 1.86. The number of hydrogen-bond acceptors (Lipinski definition) is 4. The van der Waals surface area contributed by atoms with E-state index < -0.39 is 16.1 Å². The summed E-state index contributed by atoms with van der Waals surface area (Å²) in [6.45, 7) is 1.39. The highest BCUT2D eigenvalue weighted by Crippen LogP contribution is 2.33. The number of sulfonamides is 1. The van der Waals surface area contributed by atoms with Crippen LogP contribution >= 0.6 is 11.8 Å². The number of nitrogens with zero attached hydrogens (tertiary/aromatic N) is 1. The number of nitrogens with one attached hydrogen (secondary N) is 1. The number of hydrogen-bond donors (Lipinski definition) is 1. The van der Waals surface area contributed by atoms with Crippen LogP contribution in [0.1, 0.15) is 11.6 Å². The van der Waals surface area contributed by atoms with Crippen molar-refractivity contribution >= 4 is 21.8 Å². The molecule has 1 N–H and O–H groups in total. The molecule has 1 unspecified atom stereocenters. The van der Waals surface area contributed by atoms with Crippen molar-refractivity contribution < 1.29 is 12.8 Å². The molecule has 1 saturated heterocycles. The van der Waals surface area contributed by atoms with Crippen LogP contribution in [0.15, 0.2) is 58.3 Å². The molecule has 0 saturated carbocycles. The van der Waals surface area contributed by atoms with Crippen molar-refractivity contribution in [1.29, 1.82) is 0 Å². The van der Waals surface area contributed by atoms with Gasteiger partial charge in [-0.05, 0) is 36.1 Å². The summed E-state index contributed by atoms with van der Waals surface area (Å²) in [7, 11) is -3.66. The normalized spacial score (nSPS) is 19.3. The van der Waals surface area contributed by atoms with Crippen molar-refractivity contribution in [2.24, 2.45) is 0 Å². The first kappa shape index (κ1) is 17.4. The molecule has 2 aromatic carbocycles. The summed E-state index contributed by atoms with van der Waals surface area (Å²) >= 11 is 1.40. The Hall–Kier alpha value is -1.41. The third-order valence-corrected chi connectivity index (χ3v) is 6.97. The summed E-state index contributed by atoms with van der Waals surface area (Å²) in [4.78, 5) is 1.02. The lowest BCUT2D eigenvalue weighted by atomic mass is 10.1. The lowest BCUT2D eigenvalue weighted by molar-refractivity contribution is 0.270. The molecule has 0 radical (unpaired) electrons. The van der Waals surface area contributed by atoms with Crippen LogP contribution in [0.2, 0.25) is 0 Å². The summed E-state index contributed by atoms with van der Waals surface area (Å²) in [5.41, 5.74) is 0.660. The van der Waals surface area contributed by atoms with Crippen molar-refractivity contribution in [3.05, 3.63) is 59.9 Å². The van der Waals surface area contributed by atoms with Crippen LogP contribution in [-0.2, 0) is 10.0 Å². The van der Waals surface area contributed by atoms with E-state index in [1.54, 1.807) is 30.3 Å². The van der Waals surface area contributed by atoms with E-state index in [2.05, 4.69) is 5.32 Å². The summed E-state index contributed by atoms with van der Waals surface area (Å²) < 4.78 is 41.5. The van der Waals surface area contributed by atoms with Gasteiger partial charge in [-0.2, -0.15) is 4.31 Å². The van der Waals surface area contributed by atoms with E-state index >= 15 is 0 Å². The lowest BCUT2D eigenvalue weighted by Crippen LogP contribution is -2.48. The van der Waals surface area contributed by atoms with Crippen molar-refractivity contribution in [2.45, 2.75) is 15.8 Å². The van der Waals surface area contributed by atoms with Gasteiger partial charge in [-0.15, -0.1) is 11.8 Å². The van der Waals surface area contributed by atoms with Gasteiger partial charge in [0.05, 0.1) is 10.9 Å². The Labute approximate surface area is 146 Å². The maximum Gasteiger partial charge on any atom is 0.244 e. The summed E-state index contributed by atoms with van der Waals surface area (Å²) in [5.74, 6) is -0.361. The molecule has 2 aromatic rings. The highest BCUT2D eigenvalue weighted by atomic mass is 32.2. The molecule has 24 heavy (non-hydrogen) atoms. The maximum absolute atomic E-state index is 13.6. The molecule has 0 amide bonds. The van der Waals surface area contributed by atoms with Gasteiger partial charge < -0.3 is 5.32 Å². The number of benzene rings is 2. The van der Waals surface area contributed by atoms with Gasteiger partial charge in [-0.25, -0.2) is 12.8 Å². The molecule has 3 rings (SSSR count). The van der Waals surface area contributed by atoms with Crippen LogP contribution in [0.5, 0.6) is 0 Å². The highest BCUT2D eigenvalue weighted by molar-refractivity contribution is 7.99. The van der Waals surface area contributed by atoms with E-state index in [0.29, 0.717) is 35.0 Å². The second-order valence-corrected chi connectivity index (χ2v) is 8.25. The van der Waals surface area contributed by atoms with E-state index in [0.717, 1.165) is 0 Å². The molecule has 0 spiro atoms. The van der Waals surface area contributed by atoms with Gasteiger partial charge in [0.1, 0.15) is 5.82 Å². The quantitative estimate of drug-likeness (QED) is 0.846. The van der Waals surface area contributed by atoms with E-state index in [1.807, 2.05) is 12.3 Å². The van der Waals surface area contributed by atoms with E-state index in [9.17, 15) is 12.8 Å². The zero-order valence-corrected chi connectivity index (χ0v) is 14.9. The Balaban J connectivity index is 2.04. The molecule has 1 aliphatic rings. The van der Waals surface area contributed by atoms with Crippen molar-refractivity contribution in [3.8, 4) is 0 Å². The van der Waals surface area contributed by atoms with Gasteiger partial charge in [0.25, 0.3) is 0 Å². The molecule has 7 heteroatoms. The number of piperazine rings is 1. The molecule has 1 heterocycles. The Morgan fingerprint density at radius 2 is 2.00 bits per heavy atom. The largest absolute Gasteiger partial charge is 0.313 e. The average molecular weight is 366 g/mol. The summed E-state index contributed by atoms with van der Waals surface area (Å²) in [5, 5.41) is 3.20. The van der Waals surface area contributed by atoms with Gasteiger partial charge in [0.2, 0.25) is 10.0 Å². The van der Waals surface area contributed by atoms with Gasteiger partial charge in [0, 0.05) is 24.5 Å². The molecular formula is C17H19FN2O2S2. The van der Waals surface area contributed by atoms with Crippen LogP contribution in [-0.4, -0.2) is 38.6 Å². The predicted molar refractivity (Wildman–Crippen MR) is 94.1 cm³/mol. The molecule has 1 fully saturated rings. The van der Waals surface area contributed by atoms with E-state index in [4.69, 9.17) is 0 Å². The molecule has 0 aliphatic carbocycles. The molecule has 1 aliphatic heterocycles. The fourth-order valence-electron chi connectivity index (χ4n) is 2.93. The minimum Gasteiger partial charge on any atom is -0.313 e. The first-order valence-electron chi connectivity index (χ1n) is 7.65. The molecule has 1 atom stereocenters. The third-order valence-electron chi connectivity index (χ3n) is 4.08. The predicted octanol–water partition coefficient (Wildman–Crippen LogP) is 2.88. The standard InChI is InChI=1S/C17H19FN2O2S2/c1-23-16-7-2-3-8-17(16)24(21,22)20-10-9-19-12-15(20)13-5-4-6-14(18)11-13/h2-8,11,15,19H,9-10,12H2,1H3. The fourth-order valence-corrected chi connectivity index (χ4v) is 5.67. The molecular weight excluding hydrogens is 347 g/mol. The monoisotopic (exact) mass is 366 g/mol. The van der Waals surface area contributed by atoms with Crippen LogP contribution in [0.25, 0.3) is 0 Å². The lowest BCUT2D eigenvalue weighted by Gasteiger charge is -2.35. The first-order chi connectivity index (χ1) is 11.5. The van der Waals surface area contributed by atoms with E-state index in [1.165, 1.54) is 28.2 Å². The second kappa shape index (κ2) is 7.23. The van der Waals surface area contributed by atoms with Crippen molar-refractivity contribution in [2.75, 3.05) is 25.9 Å². The second-order valence-electron chi connectivity index (χ2n) is 5.54. The topological polar surface area (TPSA) is 49.4 Å². The van der Waals surface area contributed by atoms with Crippen LogP contribution < -0.4 is 5.32 Å². The Kier molecular flexibility index (Phi) is 5.24. The minimum atomic E-state index is -3.66. The number of halogens is 1. The number of rotatable bonds is 4. The van der Waals surface area contributed by atoms with Crippen LogP contribution in [0.3, 0.4) is 0 Å². The van der Waals surface area contributed by atoms with Gasteiger partial charge in [0.15, 0.2) is 0 Å². The smallest absolute Gasteiger partial charge is 0.244 e. The Morgan fingerprint density at radius 3 is 2.75 bits per heavy atom. The molecule has 128 valence electrons. The Morgan fingerprint density at radius 1 is 1.21 bits per heavy atom. The third kappa shape index (κ3) is 3.35. The van der Waals surface area contributed by atoms with Crippen LogP contribution in [0, 0.1) is 5.82 Å².